The maximum atomic E-state index is 11.3. The van der Waals surface area contributed by atoms with Gasteiger partial charge in [-0.15, -0.1) is 0 Å². The van der Waals surface area contributed by atoms with Gasteiger partial charge in [-0.1, -0.05) is 13.8 Å². The van der Waals surface area contributed by atoms with Crippen molar-refractivity contribution in [3.05, 3.63) is 0 Å². The smallest absolute Gasteiger partial charge is 0.303 e. The largest absolute Gasteiger partial charge is 0.459 e. The fourth-order valence-electron chi connectivity index (χ4n) is 3.17. The topological polar surface area (TPSA) is 35.5 Å². The van der Waals surface area contributed by atoms with Crippen LogP contribution in [-0.4, -0.2) is 24.8 Å². The third-order valence-electron chi connectivity index (χ3n) is 4.30. The normalized spacial score (nSPS) is 25.6. The molecule has 0 unspecified atom stereocenters. The molecule has 0 aromatic rings. The number of methoxy groups -OCH3 is 1. The van der Waals surface area contributed by atoms with Crippen LogP contribution in [0, 0.1) is 5.92 Å². The lowest BCUT2D eigenvalue weighted by Crippen LogP contribution is -2.43. The first-order valence-electron chi connectivity index (χ1n) is 6.80. The van der Waals surface area contributed by atoms with Crippen LogP contribution < -0.4 is 0 Å². The predicted molar refractivity (Wildman–Crippen MR) is 67.8 cm³/mol. The Kier molecular flexibility index (Phi) is 5.44. The zero-order valence-corrected chi connectivity index (χ0v) is 11.6. The van der Waals surface area contributed by atoms with Crippen LogP contribution in [0.1, 0.15) is 59.3 Å². The van der Waals surface area contributed by atoms with Crippen LogP contribution in [0.5, 0.6) is 0 Å². The number of ether oxygens (including phenoxy) is 2. The first-order chi connectivity index (χ1) is 8.07. The molecule has 0 heterocycles. The van der Waals surface area contributed by atoms with Crippen molar-refractivity contribution in [2.75, 3.05) is 7.11 Å². The van der Waals surface area contributed by atoms with Crippen LogP contribution in [-0.2, 0) is 14.3 Å². The summed E-state index contributed by atoms with van der Waals surface area (Å²) in [7, 11) is 1.78. The number of hydrogen-bond acceptors (Lipinski definition) is 3. The van der Waals surface area contributed by atoms with E-state index < -0.39 is 0 Å². The van der Waals surface area contributed by atoms with Gasteiger partial charge in [-0.05, 0) is 44.4 Å². The summed E-state index contributed by atoms with van der Waals surface area (Å²) in [5.41, 5.74) is -0.245. The third kappa shape index (κ3) is 3.44. The van der Waals surface area contributed by atoms with Crippen molar-refractivity contribution >= 4 is 5.97 Å². The second-order valence-corrected chi connectivity index (χ2v) is 5.07. The minimum absolute atomic E-state index is 0.150. The quantitative estimate of drug-likeness (QED) is 0.694. The Bertz CT molecular complexity index is 238. The molecule has 0 spiro atoms. The number of hydrogen-bond donors (Lipinski definition) is 0. The minimum Gasteiger partial charge on any atom is -0.459 e. The second-order valence-electron chi connectivity index (χ2n) is 5.07. The van der Waals surface area contributed by atoms with Gasteiger partial charge in [-0.3, -0.25) is 4.79 Å². The van der Waals surface area contributed by atoms with E-state index in [1.54, 1.807) is 7.11 Å². The molecule has 0 aliphatic heterocycles. The highest BCUT2D eigenvalue weighted by atomic mass is 16.6. The Balaban J connectivity index is 2.68. The van der Waals surface area contributed by atoms with Gasteiger partial charge in [0.2, 0.25) is 0 Å². The Morgan fingerprint density at radius 3 is 2.06 bits per heavy atom. The van der Waals surface area contributed by atoms with Gasteiger partial charge in [0.15, 0.2) is 0 Å². The molecule has 3 nitrogen and oxygen atoms in total. The summed E-state index contributed by atoms with van der Waals surface area (Å²) in [6, 6.07) is 0. The molecule has 0 atom stereocenters. The van der Waals surface area contributed by atoms with Gasteiger partial charge < -0.3 is 9.47 Å². The summed E-state index contributed by atoms with van der Waals surface area (Å²) in [6.07, 6.45) is 6.60. The van der Waals surface area contributed by atoms with Gasteiger partial charge >= 0.3 is 5.97 Å². The highest BCUT2D eigenvalue weighted by molar-refractivity contribution is 5.66. The van der Waals surface area contributed by atoms with E-state index in [1.807, 2.05) is 0 Å². The lowest BCUT2D eigenvalue weighted by Gasteiger charge is -2.42. The van der Waals surface area contributed by atoms with Crippen molar-refractivity contribution in [3.8, 4) is 0 Å². The van der Waals surface area contributed by atoms with Crippen molar-refractivity contribution in [1.29, 1.82) is 0 Å². The molecule has 1 fully saturated rings. The summed E-state index contributed by atoms with van der Waals surface area (Å²) in [5.74, 6) is 0.343. The van der Waals surface area contributed by atoms with E-state index in [-0.39, 0.29) is 11.6 Å². The zero-order valence-electron chi connectivity index (χ0n) is 11.6. The zero-order chi connectivity index (χ0) is 12.9. The van der Waals surface area contributed by atoms with E-state index in [9.17, 15) is 4.79 Å². The maximum Gasteiger partial charge on any atom is 0.303 e. The summed E-state index contributed by atoms with van der Waals surface area (Å²) >= 11 is 0. The third-order valence-corrected chi connectivity index (χ3v) is 4.30. The Morgan fingerprint density at radius 2 is 1.71 bits per heavy atom. The molecule has 1 rings (SSSR count). The van der Waals surface area contributed by atoms with Crippen LogP contribution >= 0.6 is 0 Å². The van der Waals surface area contributed by atoms with Crippen molar-refractivity contribution in [2.24, 2.45) is 5.92 Å². The SMILES string of the molecule is CCC(CC)(OC(C)=O)C1CCC(OC)CC1. The molecule has 17 heavy (non-hydrogen) atoms. The molecule has 0 amide bonds. The van der Waals surface area contributed by atoms with Crippen molar-refractivity contribution in [1.82, 2.24) is 0 Å². The molecule has 1 aliphatic rings. The molecule has 0 bridgehead atoms. The number of esters is 1. The van der Waals surface area contributed by atoms with E-state index >= 15 is 0 Å². The van der Waals surface area contributed by atoms with E-state index in [1.165, 1.54) is 6.92 Å². The minimum atomic E-state index is -0.245. The first kappa shape index (κ1) is 14.5. The standard InChI is InChI=1S/C14H26O3/c1-5-14(6-2,17-11(3)15)12-7-9-13(16-4)10-8-12/h12-13H,5-10H2,1-4H3. The van der Waals surface area contributed by atoms with E-state index in [4.69, 9.17) is 9.47 Å². The highest BCUT2D eigenvalue weighted by Crippen LogP contribution is 2.40. The molecule has 0 aromatic heterocycles. The van der Waals surface area contributed by atoms with Gasteiger partial charge in [0.05, 0.1) is 6.10 Å². The van der Waals surface area contributed by atoms with Crippen molar-refractivity contribution in [2.45, 2.75) is 71.0 Å². The van der Waals surface area contributed by atoms with Gasteiger partial charge in [0.25, 0.3) is 0 Å². The molecule has 1 saturated carbocycles. The molecule has 0 saturated heterocycles. The predicted octanol–water partition coefficient (Wildman–Crippen LogP) is 3.31. The van der Waals surface area contributed by atoms with Crippen LogP contribution in [0.4, 0.5) is 0 Å². The van der Waals surface area contributed by atoms with Gasteiger partial charge in [-0.25, -0.2) is 0 Å². The molecule has 1 aliphatic carbocycles. The molecule has 0 radical (unpaired) electrons. The number of rotatable bonds is 5. The van der Waals surface area contributed by atoms with E-state index in [2.05, 4.69) is 13.8 Å². The molecule has 0 aromatic carbocycles. The maximum absolute atomic E-state index is 11.3. The van der Waals surface area contributed by atoms with E-state index in [0.29, 0.717) is 12.0 Å². The van der Waals surface area contributed by atoms with Crippen LogP contribution in [0.2, 0.25) is 0 Å². The highest BCUT2D eigenvalue weighted by Gasteiger charge is 2.40. The Morgan fingerprint density at radius 1 is 1.18 bits per heavy atom. The lowest BCUT2D eigenvalue weighted by molar-refractivity contribution is -0.168. The summed E-state index contributed by atoms with van der Waals surface area (Å²) < 4.78 is 11.1. The average Bonchev–Trinajstić information content (AvgIpc) is 2.36. The van der Waals surface area contributed by atoms with Crippen molar-refractivity contribution in [3.63, 3.8) is 0 Å². The number of carbonyl (C=O) groups excluding carboxylic acids is 1. The molecule has 3 heteroatoms. The fourth-order valence-corrected chi connectivity index (χ4v) is 3.17. The summed E-state index contributed by atoms with van der Waals surface area (Å²) in [5, 5.41) is 0. The van der Waals surface area contributed by atoms with Crippen molar-refractivity contribution < 1.29 is 14.3 Å². The lowest BCUT2D eigenvalue weighted by atomic mass is 9.73. The van der Waals surface area contributed by atoms with Gasteiger partial charge in [-0.2, -0.15) is 0 Å². The number of carbonyl (C=O) groups is 1. The molecular formula is C14H26O3. The average molecular weight is 242 g/mol. The van der Waals surface area contributed by atoms with Crippen LogP contribution in [0.3, 0.4) is 0 Å². The Labute approximate surface area is 105 Å². The Hall–Kier alpha value is -0.570. The van der Waals surface area contributed by atoms with E-state index in [0.717, 1.165) is 38.5 Å². The summed E-state index contributed by atoms with van der Waals surface area (Å²) in [6.45, 7) is 5.75. The van der Waals surface area contributed by atoms with Crippen LogP contribution in [0.25, 0.3) is 0 Å². The molecule has 0 N–H and O–H groups in total. The second kappa shape index (κ2) is 6.39. The molecule has 100 valence electrons. The molecular weight excluding hydrogens is 216 g/mol. The fraction of sp³-hybridized carbons (Fsp3) is 0.929. The van der Waals surface area contributed by atoms with Crippen LogP contribution in [0.15, 0.2) is 0 Å². The monoisotopic (exact) mass is 242 g/mol. The van der Waals surface area contributed by atoms with Gasteiger partial charge in [0, 0.05) is 14.0 Å². The summed E-state index contributed by atoms with van der Waals surface area (Å²) in [4.78, 5) is 11.3. The first-order valence-corrected chi connectivity index (χ1v) is 6.80. The van der Waals surface area contributed by atoms with Gasteiger partial charge in [0.1, 0.15) is 5.60 Å².